The van der Waals surface area contributed by atoms with E-state index in [0.717, 1.165) is 29.5 Å². The van der Waals surface area contributed by atoms with Gasteiger partial charge in [-0.15, -0.1) is 0 Å². The van der Waals surface area contributed by atoms with Crippen molar-refractivity contribution < 1.29 is 13.9 Å². The fraction of sp³-hybridized carbons (Fsp3) is 0.333. The summed E-state index contributed by atoms with van der Waals surface area (Å²) in [5.41, 5.74) is 2.40. The van der Waals surface area contributed by atoms with E-state index in [4.69, 9.17) is 9.15 Å². The lowest BCUT2D eigenvalue weighted by Gasteiger charge is -2.23. The number of carbonyl (C=O) groups is 1. The maximum Gasteiger partial charge on any atom is 0.339 e. The number of benzene rings is 2. The molecule has 2 aromatic carbocycles. The van der Waals surface area contributed by atoms with Gasteiger partial charge in [0.05, 0.1) is 7.11 Å². The Morgan fingerprint density at radius 2 is 1.90 bits per heavy atom. The van der Waals surface area contributed by atoms with Crippen LogP contribution in [0.1, 0.15) is 37.3 Å². The summed E-state index contributed by atoms with van der Waals surface area (Å²) in [6.45, 7) is 4.67. The zero-order valence-corrected chi connectivity index (χ0v) is 17.2. The predicted octanol–water partition coefficient (Wildman–Crippen LogP) is 4.88. The highest BCUT2D eigenvalue weighted by Gasteiger charge is 2.18. The van der Waals surface area contributed by atoms with Gasteiger partial charge in [-0.25, -0.2) is 4.79 Å². The Bertz CT molecular complexity index is 1040. The molecule has 0 fully saturated rings. The minimum atomic E-state index is -0.393. The molecule has 1 amide bonds. The molecule has 0 spiro atoms. The molecule has 0 aliphatic rings. The first kappa shape index (κ1) is 20.6. The van der Waals surface area contributed by atoms with Crippen LogP contribution in [0.25, 0.3) is 11.0 Å². The summed E-state index contributed by atoms with van der Waals surface area (Å²) >= 11 is 0. The van der Waals surface area contributed by atoms with Gasteiger partial charge in [-0.2, -0.15) is 0 Å². The van der Waals surface area contributed by atoms with Crippen LogP contribution in [0.15, 0.2) is 57.7 Å². The standard InChI is InChI=1S/C24H27NO4/c1-4-5-15-25(18-9-7-6-8-10-18)23(26)14-13-21-17(2)20-12-11-19(28-3)16-22(20)29-24(21)27/h6-12,16H,4-5,13-15H2,1-3H3. The largest absolute Gasteiger partial charge is 0.497 e. The van der Waals surface area contributed by atoms with Gasteiger partial charge < -0.3 is 14.1 Å². The number of para-hydroxylation sites is 1. The lowest BCUT2D eigenvalue weighted by atomic mass is 10.0. The van der Waals surface area contributed by atoms with Gasteiger partial charge >= 0.3 is 5.63 Å². The molecule has 3 rings (SSSR count). The summed E-state index contributed by atoms with van der Waals surface area (Å²) in [5.74, 6) is 0.649. The van der Waals surface area contributed by atoms with Crippen LogP contribution < -0.4 is 15.3 Å². The van der Waals surface area contributed by atoms with Crippen LogP contribution in [0, 0.1) is 6.92 Å². The van der Waals surface area contributed by atoms with E-state index < -0.39 is 5.63 Å². The van der Waals surface area contributed by atoms with Gasteiger partial charge in [0.2, 0.25) is 5.91 Å². The van der Waals surface area contributed by atoms with Gasteiger partial charge in [0.25, 0.3) is 0 Å². The Labute approximate surface area is 170 Å². The van der Waals surface area contributed by atoms with Crippen molar-refractivity contribution in [2.45, 2.75) is 39.5 Å². The van der Waals surface area contributed by atoms with Crippen molar-refractivity contribution in [2.24, 2.45) is 0 Å². The summed E-state index contributed by atoms with van der Waals surface area (Å²) in [5, 5.41) is 0.860. The second-order valence-corrected chi connectivity index (χ2v) is 7.09. The summed E-state index contributed by atoms with van der Waals surface area (Å²) in [6, 6.07) is 15.1. The van der Waals surface area contributed by atoms with Gasteiger partial charge in [-0.3, -0.25) is 4.79 Å². The van der Waals surface area contributed by atoms with Crippen molar-refractivity contribution in [2.75, 3.05) is 18.6 Å². The molecule has 0 bridgehead atoms. The molecule has 0 aliphatic heterocycles. The Hall–Kier alpha value is -3.08. The second-order valence-electron chi connectivity index (χ2n) is 7.09. The minimum absolute atomic E-state index is 0.0123. The molecule has 0 saturated carbocycles. The average molecular weight is 393 g/mol. The van der Waals surface area contributed by atoms with Crippen LogP contribution in [-0.2, 0) is 11.2 Å². The van der Waals surface area contributed by atoms with E-state index in [1.165, 1.54) is 0 Å². The van der Waals surface area contributed by atoms with Gasteiger partial charge in [-0.1, -0.05) is 31.5 Å². The SMILES string of the molecule is CCCCN(C(=O)CCc1c(C)c2ccc(OC)cc2oc1=O)c1ccccc1. The molecule has 0 unspecified atom stereocenters. The van der Waals surface area contributed by atoms with Crippen LogP contribution in [0.2, 0.25) is 0 Å². The molecule has 1 heterocycles. The molecule has 152 valence electrons. The van der Waals surface area contributed by atoms with E-state index in [0.29, 0.717) is 29.9 Å². The fourth-order valence-corrected chi connectivity index (χ4v) is 3.48. The molecule has 0 radical (unpaired) electrons. The van der Waals surface area contributed by atoms with Crippen molar-refractivity contribution in [3.05, 3.63) is 70.1 Å². The predicted molar refractivity (Wildman–Crippen MR) is 116 cm³/mol. The minimum Gasteiger partial charge on any atom is -0.497 e. The molecule has 29 heavy (non-hydrogen) atoms. The molecule has 0 saturated heterocycles. The number of ether oxygens (including phenoxy) is 1. The van der Waals surface area contributed by atoms with Gasteiger partial charge in [0.1, 0.15) is 11.3 Å². The van der Waals surface area contributed by atoms with Crippen LogP contribution in [0.4, 0.5) is 5.69 Å². The van der Waals surface area contributed by atoms with Crippen LogP contribution >= 0.6 is 0 Å². The molecule has 5 heteroatoms. The van der Waals surface area contributed by atoms with E-state index in [1.54, 1.807) is 13.2 Å². The number of hydrogen-bond donors (Lipinski definition) is 0. The Kier molecular flexibility index (Phi) is 6.70. The monoisotopic (exact) mass is 393 g/mol. The molecule has 5 nitrogen and oxygen atoms in total. The topological polar surface area (TPSA) is 59.8 Å². The Morgan fingerprint density at radius 3 is 2.59 bits per heavy atom. The van der Waals surface area contributed by atoms with E-state index in [9.17, 15) is 9.59 Å². The van der Waals surface area contributed by atoms with E-state index in [1.807, 2.05) is 54.3 Å². The van der Waals surface area contributed by atoms with Crippen molar-refractivity contribution in [3.8, 4) is 5.75 Å². The number of methoxy groups -OCH3 is 1. The third-order valence-corrected chi connectivity index (χ3v) is 5.19. The van der Waals surface area contributed by atoms with E-state index in [-0.39, 0.29) is 12.3 Å². The zero-order valence-electron chi connectivity index (χ0n) is 17.2. The van der Waals surface area contributed by atoms with E-state index >= 15 is 0 Å². The summed E-state index contributed by atoms with van der Waals surface area (Å²) in [7, 11) is 1.57. The van der Waals surface area contributed by atoms with Crippen molar-refractivity contribution >= 4 is 22.6 Å². The van der Waals surface area contributed by atoms with Gasteiger partial charge in [0, 0.05) is 35.7 Å². The normalized spacial score (nSPS) is 10.9. The zero-order chi connectivity index (χ0) is 20.8. The van der Waals surface area contributed by atoms with Crippen molar-refractivity contribution in [3.63, 3.8) is 0 Å². The maximum absolute atomic E-state index is 13.0. The van der Waals surface area contributed by atoms with Gasteiger partial charge in [-0.05, 0) is 49.6 Å². The molecular formula is C24H27NO4. The number of unbranched alkanes of at least 4 members (excludes halogenated alkanes) is 1. The number of anilines is 1. The van der Waals surface area contributed by atoms with Crippen molar-refractivity contribution in [1.29, 1.82) is 0 Å². The average Bonchev–Trinajstić information content (AvgIpc) is 2.74. The highest BCUT2D eigenvalue weighted by molar-refractivity contribution is 5.93. The molecule has 3 aromatic rings. The van der Waals surface area contributed by atoms with Crippen LogP contribution in [0.3, 0.4) is 0 Å². The van der Waals surface area contributed by atoms with Gasteiger partial charge in [0.15, 0.2) is 0 Å². The second kappa shape index (κ2) is 9.41. The highest BCUT2D eigenvalue weighted by Crippen LogP contribution is 2.25. The van der Waals surface area contributed by atoms with E-state index in [2.05, 4.69) is 6.92 Å². The third-order valence-electron chi connectivity index (χ3n) is 5.19. The van der Waals surface area contributed by atoms with Crippen molar-refractivity contribution in [1.82, 2.24) is 0 Å². The molecular weight excluding hydrogens is 366 g/mol. The number of amides is 1. The lowest BCUT2D eigenvalue weighted by molar-refractivity contribution is -0.118. The first-order valence-electron chi connectivity index (χ1n) is 10.0. The number of aryl methyl sites for hydroxylation is 1. The molecule has 0 N–H and O–H groups in total. The maximum atomic E-state index is 13.0. The van der Waals surface area contributed by atoms with Crippen LogP contribution in [-0.4, -0.2) is 19.6 Å². The quantitative estimate of drug-likeness (QED) is 0.512. The number of nitrogens with zero attached hydrogens (tertiary/aromatic N) is 1. The summed E-state index contributed by atoms with van der Waals surface area (Å²) in [6.07, 6.45) is 2.54. The fourth-order valence-electron chi connectivity index (χ4n) is 3.48. The Morgan fingerprint density at radius 1 is 1.14 bits per heavy atom. The lowest BCUT2D eigenvalue weighted by Crippen LogP contribution is -2.32. The number of rotatable bonds is 8. The highest BCUT2D eigenvalue weighted by atomic mass is 16.5. The smallest absolute Gasteiger partial charge is 0.339 e. The first-order chi connectivity index (χ1) is 14.0. The molecule has 1 aromatic heterocycles. The Balaban J connectivity index is 1.83. The van der Waals surface area contributed by atoms with Crippen LogP contribution in [0.5, 0.6) is 5.75 Å². The molecule has 0 aliphatic carbocycles. The summed E-state index contributed by atoms with van der Waals surface area (Å²) < 4.78 is 10.7. The third kappa shape index (κ3) is 4.67. The number of hydrogen-bond acceptors (Lipinski definition) is 4. The number of fused-ring (bicyclic) bond motifs is 1. The number of carbonyl (C=O) groups excluding carboxylic acids is 1. The first-order valence-corrected chi connectivity index (χ1v) is 10.0. The summed E-state index contributed by atoms with van der Waals surface area (Å²) in [4.78, 5) is 27.3. The molecule has 0 atom stereocenters.